The Morgan fingerprint density at radius 1 is 1.14 bits per heavy atom. The first-order valence-corrected chi connectivity index (χ1v) is 14.8. The topological polar surface area (TPSA) is 85.8 Å². The first-order chi connectivity index (χ1) is 17.8. The highest BCUT2D eigenvalue weighted by atomic mass is 32.1. The minimum atomic E-state index is -0.311. The van der Waals surface area contributed by atoms with Gasteiger partial charge >= 0.3 is 0 Å². The minimum Gasteiger partial charge on any atom is -0.356 e. The maximum absolute atomic E-state index is 12.3. The molecule has 9 heteroatoms. The molecule has 2 amide bonds. The molecule has 198 valence electrons. The number of nitrogens with one attached hydrogen (secondary N) is 3. The molecule has 1 unspecified atom stereocenters. The average molecular weight is 540 g/mol. The fourth-order valence-corrected chi connectivity index (χ4v) is 4.56. The van der Waals surface area contributed by atoms with Gasteiger partial charge in [0.25, 0.3) is 0 Å². The van der Waals surface area contributed by atoms with Gasteiger partial charge in [-0.05, 0) is 89.6 Å². The van der Waals surface area contributed by atoms with Crippen molar-refractivity contribution in [2.24, 2.45) is 5.10 Å². The lowest BCUT2D eigenvalue weighted by Crippen LogP contribution is -2.28. The van der Waals surface area contributed by atoms with Crippen LogP contribution in [0.5, 0.6) is 0 Å². The summed E-state index contributed by atoms with van der Waals surface area (Å²) in [5.74, 6) is -0.0153. The third-order valence-electron chi connectivity index (χ3n) is 5.56. The van der Waals surface area contributed by atoms with E-state index in [0.717, 1.165) is 46.2 Å². The quantitative estimate of drug-likeness (QED) is 0.0782. The normalized spacial score (nSPS) is 12.4. The molecule has 0 bridgehead atoms. The second-order valence-corrected chi connectivity index (χ2v) is 12.1. The molecular weight excluding hydrogens is 501 g/mol. The van der Waals surface area contributed by atoms with E-state index in [1.54, 1.807) is 0 Å². The van der Waals surface area contributed by atoms with Crippen molar-refractivity contribution in [2.45, 2.75) is 26.2 Å². The van der Waals surface area contributed by atoms with Gasteiger partial charge in [-0.2, -0.15) is 5.10 Å². The van der Waals surface area contributed by atoms with E-state index in [1.807, 2.05) is 62.6 Å². The van der Waals surface area contributed by atoms with E-state index in [4.69, 9.17) is 12.2 Å². The first kappa shape index (κ1) is 30.3. The molecule has 37 heavy (non-hydrogen) atoms. The van der Waals surface area contributed by atoms with Gasteiger partial charge in [-0.15, -0.1) is 0 Å². The zero-order valence-electron chi connectivity index (χ0n) is 22.2. The van der Waals surface area contributed by atoms with Crippen LogP contribution in [0.15, 0.2) is 65.8 Å². The number of rotatable bonds is 15. The first-order valence-electron chi connectivity index (χ1n) is 12.4. The van der Waals surface area contributed by atoms with Gasteiger partial charge in [0.05, 0.1) is 12.1 Å². The smallest absolute Gasteiger partial charge is 0.227 e. The summed E-state index contributed by atoms with van der Waals surface area (Å²) in [7, 11) is 3.72. The minimum absolute atomic E-state index is 0.0153. The summed E-state index contributed by atoms with van der Waals surface area (Å²) < 4.78 is 0.904. The van der Waals surface area contributed by atoms with Crippen LogP contribution < -0.4 is 16.1 Å². The van der Waals surface area contributed by atoms with Crippen molar-refractivity contribution in [1.29, 1.82) is 0 Å². The molecule has 0 aliphatic carbocycles. The summed E-state index contributed by atoms with van der Waals surface area (Å²) in [4.78, 5) is 25.3. The molecule has 0 fully saturated rings. The fraction of sp³-hybridized carbons (Fsp3) is 0.357. The van der Waals surface area contributed by atoms with E-state index < -0.39 is 0 Å². The van der Waals surface area contributed by atoms with Crippen LogP contribution in [0.2, 0.25) is 0 Å². The number of amides is 2. The Bertz CT molecular complexity index is 1100. The van der Waals surface area contributed by atoms with Crippen molar-refractivity contribution in [1.82, 2.24) is 15.6 Å². The molecule has 0 radical (unpaired) electrons. The van der Waals surface area contributed by atoms with Crippen molar-refractivity contribution < 1.29 is 9.59 Å². The Morgan fingerprint density at radius 2 is 1.89 bits per heavy atom. The third-order valence-corrected chi connectivity index (χ3v) is 8.35. The molecule has 0 aliphatic heterocycles. The number of carbonyl (C=O) groups is 2. The summed E-state index contributed by atoms with van der Waals surface area (Å²) in [6.45, 7) is 5.91. The lowest BCUT2D eigenvalue weighted by molar-refractivity contribution is -0.120. The number of allylic oxidation sites excluding steroid dienone is 2. The average Bonchev–Trinajstić information content (AvgIpc) is 2.88. The maximum atomic E-state index is 12.3. The molecule has 3 N–H and O–H groups in total. The Hall–Kier alpha value is -2.93. The van der Waals surface area contributed by atoms with Crippen LogP contribution in [0.3, 0.4) is 0 Å². The van der Waals surface area contributed by atoms with Crippen LogP contribution in [-0.4, -0.2) is 67.7 Å². The molecule has 0 saturated heterocycles. The second kappa shape index (κ2) is 16.7. The predicted octanol–water partition coefficient (Wildman–Crippen LogP) is 4.37. The van der Waals surface area contributed by atoms with Crippen LogP contribution in [0.1, 0.15) is 30.0 Å². The third kappa shape index (κ3) is 11.8. The van der Waals surface area contributed by atoms with E-state index in [2.05, 4.69) is 51.8 Å². The van der Waals surface area contributed by atoms with Crippen molar-refractivity contribution in [3.8, 4) is 0 Å². The number of carbonyl (C=O) groups excluding carboxylic acids is 2. The zero-order chi connectivity index (χ0) is 27.0. The number of hydrogen-bond donors (Lipinski definition) is 3. The highest BCUT2D eigenvalue weighted by Crippen LogP contribution is 2.32. The summed E-state index contributed by atoms with van der Waals surface area (Å²) >= 11 is 5.52. The van der Waals surface area contributed by atoms with E-state index in [0.29, 0.717) is 25.1 Å². The summed E-state index contributed by atoms with van der Waals surface area (Å²) in [6, 6.07) is 15.8. The second-order valence-electron chi connectivity index (χ2n) is 8.88. The van der Waals surface area contributed by atoms with Crippen LogP contribution >= 0.6 is 20.1 Å². The van der Waals surface area contributed by atoms with Gasteiger partial charge in [-0.3, -0.25) is 9.59 Å². The molecule has 2 aromatic rings. The molecule has 0 saturated carbocycles. The number of anilines is 1. The Balaban J connectivity index is 2.05. The van der Waals surface area contributed by atoms with E-state index in [1.165, 1.54) is 0 Å². The molecule has 7 nitrogen and oxygen atoms in total. The number of hydrogen-bond acceptors (Lipinski definition) is 5. The zero-order valence-corrected chi connectivity index (χ0v) is 23.9. The van der Waals surface area contributed by atoms with E-state index in [9.17, 15) is 9.59 Å². The van der Waals surface area contributed by atoms with Crippen LogP contribution in [0, 0.1) is 0 Å². The highest BCUT2D eigenvalue weighted by Gasteiger charge is 2.08. The standard InChI is InChI=1S/C28H38N5O2PS/c1-5-36(4)28(37)31-25-14-7-10-22(19-25)11-8-15-26(32-30-21-34)24-13-6-12-23(18-24)20-27(35)29-16-9-17-33(2)3/h6-8,10,12-15,18-19,21H,5,9,11,16-17,20H2,1-4H3,(H,29,35)(H,30,34)(H,31,37)/b15-8-,32-26+. The Kier molecular flexibility index (Phi) is 13.7. The molecule has 1 atom stereocenters. The van der Waals surface area contributed by atoms with Gasteiger partial charge in [0, 0.05) is 17.8 Å². The van der Waals surface area contributed by atoms with Gasteiger partial charge in [-0.25, -0.2) is 5.43 Å². The molecule has 0 aromatic heterocycles. The monoisotopic (exact) mass is 539 g/mol. The van der Waals surface area contributed by atoms with Crippen LogP contribution in [0.25, 0.3) is 0 Å². The van der Waals surface area contributed by atoms with Gasteiger partial charge < -0.3 is 15.5 Å². The van der Waals surface area contributed by atoms with E-state index >= 15 is 0 Å². The highest BCUT2D eigenvalue weighted by molar-refractivity contribution is 7.98. The number of benzene rings is 2. The SMILES string of the molecule is CCP(C)C(=S)Nc1cccc(C/C=C\C(=N/NC=O)c2cccc(CC(=O)NCCCN(C)C)c2)c1. The number of nitrogens with zero attached hydrogens (tertiary/aromatic N) is 2. The molecular formula is C28H38N5O2PS. The van der Waals surface area contributed by atoms with Crippen molar-refractivity contribution in [3.05, 3.63) is 77.4 Å². The van der Waals surface area contributed by atoms with Gasteiger partial charge in [-0.1, -0.05) is 55.5 Å². The lowest BCUT2D eigenvalue weighted by atomic mass is 10.0. The van der Waals surface area contributed by atoms with Gasteiger partial charge in [0.2, 0.25) is 12.3 Å². The summed E-state index contributed by atoms with van der Waals surface area (Å²) in [5.41, 5.74) is 6.82. The molecule has 2 aromatic carbocycles. The predicted molar refractivity (Wildman–Crippen MR) is 161 cm³/mol. The number of hydrazone groups is 1. The van der Waals surface area contributed by atoms with Crippen LogP contribution in [0.4, 0.5) is 5.69 Å². The summed E-state index contributed by atoms with van der Waals surface area (Å²) in [5, 5.41) is 10.5. The van der Waals surface area contributed by atoms with Gasteiger partial charge in [0.15, 0.2) is 0 Å². The maximum Gasteiger partial charge on any atom is 0.227 e. The van der Waals surface area contributed by atoms with Crippen molar-refractivity contribution >= 4 is 48.6 Å². The van der Waals surface area contributed by atoms with Crippen molar-refractivity contribution in [3.63, 3.8) is 0 Å². The molecule has 0 spiro atoms. The fourth-order valence-electron chi connectivity index (χ4n) is 3.45. The van der Waals surface area contributed by atoms with Gasteiger partial charge in [0.1, 0.15) is 4.73 Å². The lowest BCUT2D eigenvalue weighted by Gasteiger charge is -2.14. The Labute approximate surface area is 227 Å². The largest absolute Gasteiger partial charge is 0.356 e. The molecule has 0 aliphatic rings. The molecule has 0 heterocycles. The van der Waals surface area contributed by atoms with Crippen molar-refractivity contribution in [2.75, 3.05) is 45.3 Å². The number of thiocarbonyl (C=S) groups is 1. The summed E-state index contributed by atoms with van der Waals surface area (Å²) in [6.07, 6.45) is 7.36. The van der Waals surface area contributed by atoms with Crippen LogP contribution in [-0.2, 0) is 22.4 Å². The van der Waals surface area contributed by atoms with E-state index in [-0.39, 0.29) is 20.2 Å². The molecule has 2 rings (SSSR count). The Morgan fingerprint density at radius 3 is 2.62 bits per heavy atom.